The van der Waals surface area contributed by atoms with Crippen LogP contribution in [-0.2, 0) is 74.7 Å². The molecule has 6 heterocycles. The quantitative estimate of drug-likeness (QED) is 0.0186. The molecule has 0 aliphatic heterocycles. The zero-order valence-electron chi connectivity index (χ0n) is 72.2. The van der Waals surface area contributed by atoms with Crippen LogP contribution in [-0.4, -0.2) is 184 Å². The van der Waals surface area contributed by atoms with Crippen molar-refractivity contribution >= 4 is 264 Å². The van der Waals surface area contributed by atoms with E-state index in [-0.39, 0.29) is 64.0 Å². The standard InChI is InChI=1S/C12H13BrClN4O5P.2C12H13Cl2N4O5P.C11H11BrClN4O5P.2C11H11Cl2N4O5P/c1-6-3-4-9(8(14)5-6)15-12(19)10-11(13)17-18(16-10)7(2)23-24(20,21)22;2*1-6-3-4-9(8(13)5-6)15-12(19)10-11(14)17-18(16-10)7(2)23-24(20,21)22;1-6-2-3-8(7(13)4-6)14-11(18)9-10(12)16-17(15-9)5-22-23(19,20)21;2*1-6-2-3-8(7(12)4-6)14-11(18)9-10(13)16-17(15-9)5-22-23(19,20)21/h3*3-5,7H,1-2H3,(H,15,19)(H2,20,21,22);3*2-4H,5H2,1H3,(H,14,18)(H2,19,20,21). The number of carbonyl (C=O) groups excluding carboxylic acids is 6. The van der Waals surface area contributed by atoms with Gasteiger partial charge in [0, 0.05) is 0 Å². The van der Waals surface area contributed by atoms with Crippen LogP contribution in [0, 0.1) is 41.5 Å². The maximum Gasteiger partial charge on any atom is 0.471 e. The van der Waals surface area contributed by atoms with Crippen LogP contribution in [0.2, 0.25) is 50.7 Å². The normalized spacial score (nSPS) is 12.2. The van der Waals surface area contributed by atoms with Gasteiger partial charge in [0.25, 0.3) is 35.4 Å². The topological polar surface area (TPSA) is 759 Å². The summed E-state index contributed by atoms with van der Waals surface area (Å²) in [5, 5.41) is 61.3. The third kappa shape index (κ3) is 40.1. The Labute approximate surface area is 859 Å². The second kappa shape index (κ2) is 52.0. The van der Waals surface area contributed by atoms with Crippen molar-refractivity contribution in [1.82, 2.24) is 90.0 Å². The second-order valence-corrected chi connectivity index (χ2v) is 40.2. The van der Waals surface area contributed by atoms with Gasteiger partial charge < -0.3 is 90.6 Å². The number of hydrogen-bond donors (Lipinski definition) is 18. The van der Waals surface area contributed by atoms with E-state index in [0.29, 0.717) is 64.3 Å². The van der Waals surface area contributed by atoms with Gasteiger partial charge in [-0.2, -0.15) is 28.8 Å². The van der Waals surface area contributed by atoms with E-state index >= 15 is 0 Å². The number of phosphoric acid groups is 6. The van der Waals surface area contributed by atoms with Crippen LogP contribution < -0.4 is 31.9 Å². The van der Waals surface area contributed by atoms with Crippen molar-refractivity contribution in [2.24, 2.45) is 0 Å². The highest BCUT2D eigenvalue weighted by Gasteiger charge is 2.32. The molecule has 12 rings (SSSR count). The lowest BCUT2D eigenvalue weighted by Crippen LogP contribution is -2.16. The van der Waals surface area contributed by atoms with Crippen molar-refractivity contribution in [3.63, 3.8) is 0 Å². The van der Waals surface area contributed by atoms with E-state index in [0.717, 1.165) is 62.2 Å². The summed E-state index contributed by atoms with van der Waals surface area (Å²) in [6.07, 6.45) is -3.63. The Balaban J connectivity index is 0.000000230. The Morgan fingerprint density at radius 2 is 0.468 bits per heavy atom. The molecule has 6 amide bonds. The van der Waals surface area contributed by atoms with Gasteiger partial charge >= 0.3 is 46.9 Å². The van der Waals surface area contributed by atoms with Crippen LogP contribution in [0.15, 0.2) is 118 Å². The Kier molecular flexibility index (Phi) is 44.1. The monoisotopic (exact) mass is 2410 g/mol. The molecule has 6 aromatic carbocycles. The number of nitrogens with one attached hydrogen (secondary N) is 6. The van der Waals surface area contributed by atoms with Crippen LogP contribution in [0.1, 0.15) is 136 Å². The van der Waals surface area contributed by atoms with Gasteiger partial charge in [0.05, 0.1) is 64.3 Å². The highest BCUT2D eigenvalue weighted by Crippen LogP contribution is 2.44. The first-order chi connectivity index (χ1) is 65.2. The number of carbonyl (C=O) groups is 6. The van der Waals surface area contributed by atoms with E-state index in [2.05, 4.69) is 152 Å². The lowest BCUT2D eigenvalue weighted by Gasteiger charge is -2.12. The van der Waals surface area contributed by atoms with Gasteiger partial charge in [0.1, 0.15) is 0 Å². The molecule has 762 valence electrons. The summed E-state index contributed by atoms with van der Waals surface area (Å²) >= 11 is 65.6. The highest BCUT2D eigenvalue weighted by molar-refractivity contribution is 9.10. The number of phosphoric ester groups is 6. The molecule has 6 aromatic heterocycles. The van der Waals surface area contributed by atoms with Gasteiger partial charge in [0.2, 0.25) is 0 Å². The number of hydrogen-bond acceptors (Lipinski definition) is 30. The van der Waals surface area contributed by atoms with E-state index in [4.69, 9.17) is 175 Å². The molecule has 0 fully saturated rings. The Morgan fingerprint density at radius 3 is 0.695 bits per heavy atom. The maximum absolute atomic E-state index is 12.3. The van der Waals surface area contributed by atoms with Crippen molar-refractivity contribution < 1.29 is 142 Å². The van der Waals surface area contributed by atoms with Crippen molar-refractivity contribution in [3.8, 4) is 0 Å². The zero-order chi connectivity index (χ0) is 106. The molecule has 141 heavy (non-hydrogen) atoms. The molecule has 0 aliphatic rings. The Hall–Kier alpha value is -8.50. The second-order valence-electron chi connectivity index (χ2n) is 27.6. The van der Waals surface area contributed by atoms with Crippen molar-refractivity contribution in [2.45, 2.75) is 101 Å². The van der Waals surface area contributed by atoms with Crippen LogP contribution in [0.25, 0.3) is 0 Å². The first-order valence-corrected chi connectivity index (χ1v) is 52.2. The third-order valence-electron chi connectivity index (χ3n) is 16.0. The molecule has 0 aliphatic carbocycles. The predicted molar refractivity (Wildman–Crippen MR) is 513 cm³/mol. The molecule has 0 saturated carbocycles. The molecule has 18 N–H and O–H groups in total. The molecule has 0 saturated heterocycles. The Bertz CT molecular complexity index is 6280. The number of aryl methyl sites for hydroxylation is 6. The van der Waals surface area contributed by atoms with Gasteiger partial charge in [-0.3, -0.25) is 55.9 Å². The average molecular weight is 2420 g/mol. The smallest absolute Gasteiger partial charge is 0.319 e. The van der Waals surface area contributed by atoms with E-state index in [1.807, 2.05) is 41.5 Å². The fourth-order valence-corrected chi connectivity index (χ4v) is 15.5. The van der Waals surface area contributed by atoms with E-state index in [9.17, 15) is 56.2 Å². The van der Waals surface area contributed by atoms with E-state index in [1.165, 1.54) is 20.8 Å². The molecular weight excluding hydrogens is 2350 g/mol. The predicted octanol–water partition coefficient (Wildman–Crippen LogP) is 15.2. The number of amides is 6. The molecule has 12 aromatic rings. The van der Waals surface area contributed by atoms with Gasteiger partial charge in [0.15, 0.2) is 103 Å². The Morgan fingerprint density at radius 1 is 0.284 bits per heavy atom. The van der Waals surface area contributed by atoms with Crippen LogP contribution in [0.3, 0.4) is 0 Å². The summed E-state index contributed by atoms with van der Waals surface area (Å²) in [5.41, 5.74) is 6.66. The molecule has 72 heteroatoms. The van der Waals surface area contributed by atoms with Crippen LogP contribution >= 0.6 is 195 Å². The summed E-state index contributed by atoms with van der Waals surface area (Å²) in [5.74, 6) is -3.90. The number of nitrogens with zero attached hydrogens (tertiary/aromatic N) is 18. The number of anilines is 6. The fraction of sp³-hybridized carbons (Fsp3) is 0.217. The molecule has 0 bridgehead atoms. The van der Waals surface area contributed by atoms with E-state index in [1.54, 1.807) is 109 Å². The first-order valence-electron chi connectivity index (χ1n) is 37.6. The zero-order valence-corrected chi connectivity index (χ0v) is 88.3. The van der Waals surface area contributed by atoms with Crippen molar-refractivity contribution in [2.75, 3.05) is 31.9 Å². The van der Waals surface area contributed by atoms with Gasteiger partial charge in [-0.1, -0.05) is 152 Å². The third-order valence-corrected chi connectivity index (χ3v) is 23.1. The average Bonchev–Trinajstić information content (AvgIpc) is 1.68. The molecule has 54 nitrogen and oxygen atoms in total. The summed E-state index contributed by atoms with van der Waals surface area (Å²) in [4.78, 5) is 182. The van der Waals surface area contributed by atoms with Gasteiger partial charge in [-0.05, 0) is 200 Å². The molecule has 3 unspecified atom stereocenters. The van der Waals surface area contributed by atoms with Crippen LogP contribution in [0.5, 0.6) is 0 Å². The summed E-state index contributed by atoms with van der Waals surface area (Å²) in [7, 11) is -28.2. The van der Waals surface area contributed by atoms with Crippen molar-refractivity contribution in [3.05, 3.63) is 237 Å². The number of halogens is 12. The minimum absolute atomic E-state index is 0.0871. The minimum atomic E-state index is -4.74. The minimum Gasteiger partial charge on any atom is -0.319 e. The molecular formula is C69H72Br2Cl10N24O30P6. The largest absolute Gasteiger partial charge is 0.471 e. The van der Waals surface area contributed by atoms with E-state index < -0.39 is 121 Å². The molecule has 3 atom stereocenters. The van der Waals surface area contributed by atoms with Crippen molar-refractivity contribution in [1.29, 1.82) is 0 Å². The summed E-state index contributed by atoms with van der Waals surface area (Å²) in [6, 6.07) is 30.4. The number of benzene rings is 6. The van der Waals surface area contributed by atoms with Gasteiger partial charge in [-0.15, -0.1) is 61.2 Å². The van der Waals surface area contributed by atoms with Crippen LogP contribution in [0.4, 0.5) is 34.1 Å². The molecule has 0 spiro atoms. The highest BCUT2D eigenvalue weighted by atomic mass is 79.9. The lowest BCUT2D eigenvalue weighted by atomic mass is 10.2. The fourth-order valence-electron chi connectivity index (χ4n) is 9.91. The number of aromatic nitrogens is 18. The first kappa shape index (κ1) is 119. The molecule has 0 radical (unpaired) electrons. The summed E-state index contributed by atoms with van der Waals surface area (Å²) in [6.45, 7) is 13.1. The summed E-state index contributed by atoms with van der Waals surface area (Å²) < 4.78 is 90.5. The lowest BCUT2D eigenvalue weighted by molar-refractivity contribution is 0.0750. The van der Waals surface area contributed by atoms with Gasteiger partial charge in [-0.25, -0.2) is 27.4 Å². The SMILES string of the molecule is Cc1ccc(NC(=O)c2nn(C(C)OP(=O)(O)O)nc2Br)c(Cl)c1.Cc1ccc(NC(=O)c2nn(C(C)OP(=O)(O)O)nc2Cl)c(Cl)c1.Cc1ccc(NC(=O)c2nn(C(C)OP(=O)(O)O)nc2Cl)c(Cl)c1.Cc1ccc(NC(=O)c2nn(COP(=O)(O)O)nc2Br)c(Cl)c1.Cc1ccc(NC(=O)c2nn(COP(=O)(O)O)nc2Cl)c(Cl)c1.Cc1ccc(NC(=O)c2nn(COP(=O)(O)O)nc2Cl)c(Cl)c1. The maximum atomic E-state index is 12.3. The number of rotatable bonds is 30.